The van der Waals surface area contributed by atoms with E-state index in [-0.39, 0.29) is 11.8 Å². The second-order valence-electron chi connectivity index (χ2n) is 8.41. The van der Waals surface area contributed by atoms with Gasteiger partial charge in [0.1, 0.15) is 0 Å². The van der Waals surface area contributed by atoms with Crippen molar-refractivity contribution in [1.82, 2.24) is 15.6 Å². The van der Waals surface area contributed by atoms with Crippen LogP contribution < -0.4 is 10.6 Å². The fourth-order valence-electron chi connectivity index (χ4n) is 5.02. The molecule has 0 spiro atoms. The van der Waals surface area contributed by atoms with Gasteiger partial charge in [-0.15, -0.1) is 0 Å². The maximum atomic E-state index is 12.8. The Morgan fingerprint density at radius 2 is 1.88 bits per heavy atom. The second kappa shape index (κ2) is 5.28. The van der Waals surface area contributed by atoms with Gasteiger partial charge in [-0.2, -0.15) is 0 Å². The molecule has 4 nitrogen and oxygen atoms in total. The molecule has 3 atom stereocenters. The summed E-state index contributed by atoms with van der Waals surface area (Å²) in [5, 5.41) is 9.18. The topological polar surface area (TPSA) is 54.0 Å². The van der Waals surface area contributed by atoms with Crippen molar-refractivity contribution >= 4 is 16.7 Å². The molecule has 2 aromatic rings. The molecule has 1 saturated carbocycles. The highest BCUT2D eigenvalue weighted by molar-refractivity contribution is 5.90. The lowest BCUT2D eigenvalue weighted by Crippen LogP contribution is -2.44. The lowest BCUT2D eigenvalue weighted by atomic mass is 9.92. The third-order valence-corrected chi connectivity index (χ3v) is 6.36. The first-order valence-corrected chi connectivity index (χ1v) is 9.50. The van der Waals surface area contributed by atoms with Gasteiger partial charge in [0.05, 0.1) is 11.2 Å². The van der Waals surface area contributed by atoms with Crippen molar-refractivity contribution in [3.63, 3.8) is 0 Å². The Bertz CT molecular complexity index is 863. The van der Waals surface area contributed by atoms with Gasteiger partial charge in [0.25, 0.3) is 0 Å². The summed E-state index contributed by atoms with van der Waals surface area (Å²) < 4.78 is 0. The van der Waals surface area contributed by atoms with Crippen LogP contribution >= 0.6 is 0 Å². The van der Waals surface area contributed by atoms with Crippen LogP contribution in [0.3, 0.4) is 0 Å². The zero-order chi connectivity index (χ0) is 17.2. The SMILES string of the molecule is CC(C)(NC(=O)C1[C@H]2CNC[C@@H]12)c1nc2c(c3ccccc13)CCC2. The van der Waals surface area contributed by atoms with E-state index in [2.05, 4.69) is 48.7 Å². The second-order valence-corrected chi connectivity index (χ2v) is 8.41. The van der Waals surface area contributed by atoms with E-state index in [1.807, 2.05) is 0 Å². The number of aromatic nitrogens is 1. The van der Waals surface area contributed by atoms with Gasteiger partial charge in [0.15, 0.2) is 0 Å². The number of carbonyl (C=O) groups excluding carboxylic acids is 1. The third-order valence-electron chi connectivity index (χ3n) is 6.36. The number of pyridine rings is 1. The van der Waals surface area contributed by atoms with E-state index >= 15 is 0 Å². The van der Waals surface area contributed by atoms with E-state index in [0.717, 1.165) is 31.6 Å². The number of fused-ring (bicyclic) bond motifs is 4. The standard InChI is InChI=1S/C21H25N3O/c1-21(2,24-20(25)18-15-10-22-11-16(15)18)19-14-7-4-3-6-12(14)13-8-5-9-17(13)23-19/h3-4,6-7,15-16,18,22H,5,8-11H2,1-2H3,(H,24,25)/t15-,16+,18?. The summed E-state index contributed by atoms with van der Waals surface area (Å²) in [4.78, 5) is 17.8. The monoisotopic (exact) mass is 335 g/mol. The first-order chi connectivity index (χ1) is 12.1. The highest BCUT2D eigenvalue weighted by atomic mass is 16.2. The molecule has 2 aliphatic carbocycles. The van der Waals surface area contributed by atoms with E-state index < -0.39 is 5.54 Å². The molecule has 1 unspecified atom stereocenters. The predicted octanol–water partition coefficient (Wildman–Crippen LogP) is 2.54. The molecule has 1 aliphatic heterocycles. The highest BCUT2D eigenvalue weighted by Gasteiger charge is 2.57. The van der Waals surface area contributed by atoms with Crippen LogP contribution in [-0.4, -0.2) is 24.0 Å². The summed E-state index contributed by atoms with van der Waals surface area (Å²) in [6.07, 6.45) is 3.35. The maximum Gasteiger partial charge on any atom is 0.224 e. The molecule has 1 aromatic heterocycles. The van der Waals surface area contributed by atoms with Crippen LogP contribution in [0.2, 0.25) is 0 Å². The molecule has 2 fully saturated rings. The first-order valence-electron chi connectivity index (χ1n) is 9.50. The van der Waals surface area contributed by atoms with Crippen molar-refractivity contribution in [3.8, 4) is 0 Å². The maximum absolute atomic E-state index is 12.8. The quantitative estimate of drug-likeness (QED) is 0.906. The number of rotatable bonds is 3. The molecule has 5 rings (SSSR count). The summed E-state index contributed by atoms with van der Waals surface area (Å²) in [5.41, 5.74) is 3.19. The van der Waals surface area contributed by atoms with Gasteiger partial charge in [-0.1, -0.05) is 24.3 Å². The molecule has 4 heteroatoms. The van der Waals surface area contributed by atoms with Crippen molar-refractivity contribution in [3.05, 3.63) is 41.2 Å². The summed E-state index contributed by atoms with van der Waals surface area (Å²) in [7, 11) is 0. The molecule has 130 valence electrons. The number of hydrogen-bond donors (Lipinski definition) is 2. The normalized spacial score (nSPS) is 27.2. The molecule has 1 aromatic carbocycles. The van der Waals surface area contributed by atoms with Gasteiger partial charge < -0.3 is 10.6 Å². The number of carbonyl (C=O) groups is 1. The van der Waals surface area contributed by atoms with Crippen LogP contribution in [-0.2, 0) is 23.2 Å². The molecular weight excluding hydrogens is 310 g/mol. The number of benzene rings is 1. The zero-order valence-electron chi connectivity index (χ0n) is 14.9. The van der Waals surface area contributed by atoms with Gasteiger partial charge in [0, 0.05) is 17.0 Å². The van der Waals surface area contributed by atoms with Crippen molar-refractivity contribution in [2.24, 2.45) is 17.8 Å². The van der Waals surface area contributed by atoms with Gasteiger partial charge in [-0.3, -0.25) is 9.78 Å². The smallest absolute Gasteiger partial charge is 0.224 e. The number of amides is 1. The Balaban J connectivity index is 1.51. The number of piperidine rings is 1. The molecule has 0 bridgehead atoms. The van der Waals surface area contributed by atoms with Crippen LogP contribution in [0, 0.1) is 17.8 Å². The number of nitrogens with zero attached hydrogens (tertiary/aromatic N) is 1. The van der Waals surface area contributed by atoms with Crippen molar-refractivity contribution < 1.29 is 4.79 Å². The predicted molar refractivity (Wildman–Crippen MR) is 98.3 cm³/mol. The number of hydrogen-bond acceptors (Lipinski definition) is 3. The molecule has 25 heavy (non-hydrogen) atoms. The molecule has 1 saturated heterocycles. The fraction of sp³-hybridized carbons (Fsp3) is 0.524. The summed E-state index contributed by atoms with van der Waals surface area (Å²) >= 11 is 0. The minimum atomic E-state index is -0.460. The zero-order valence-corrected chi connectivity index (χ0v) is 14.9. The molecule has 1 amide bonds. The van der Waals surface area contributed by atoms with E-state index in [4.69, 9.17) is 4.98 Å². The van der Waals surface area contributed by atoms with Crippen molar-refractivity contribution in [1.29, 1.82) is 0 Å². The van der Waals surface area contributed by atoms with Gasteiger partial charge >= 0.3 is 0 Å². The van der Waals surface area contributed by atoms with E-state index in [9.17, 15) is 4.79 Å². The summed E-state index contributed by atoms with van der Waals surface area (Å²) in [5.74, 6) is 1.48. The number of aryl methyl sites for hydroxylation is 2. The molecule has 2 N–H and O–H groups in total. The van der Waals surface area contributed by atoms with Crippen LogP contribution in [0.25, 0.3) is 10.8 Å². The summed E-state index contributed by atoms with van der Waals surface area (Å²) in [6.45, 7) is 6.17. The minimum Gasteiger partial charge on any atom is -0.345 e. The van der Waals surface area contributed by atoms with Crippen LogP contribution in [0.15, 0.2) is 24.3 Å². The van der Waals surface area contributed by atoms with Gasteiger partial charge in [-0.05, 0) is 69.0 Å². The van der Waals surface area contributed by atoms with Crippen LogP contribution in [0.1, 0.15) is 37.2 Å². The molecule has 3 aliphatic rings. The van der Waals surface area contributed by atoms with Crippen molar-refractivity contribution in [2.75, 3.05) is 13.1 Å². The Morgan fingerprint density at radius 1 is 1.16 bits per heavy atom. The largest absolute Gasteiger partial charge is 0.345 e. The lowest BCUT2D eigenvalue weighted by molar-refractivity contribution is -0.124. The van der Waals surface area contributed by atoms with Gasteiger partial charge in [-0.25, -0.2) is 0 Å². The Morgan fingerprint density at radius 3 is 2.64 bits per heavy atom. The van der Waals surface area contributed by atoms with E-state index in [1.54, 1.807) is 0 Å². The Kier molecular flexibility index (Phi) is 3.23. The third kappa shape index (κ3) is 2.30. The average Bonchev–Trinajstić information content (AvgIpc) is 2.95. The molecule has 0 radical (unpaired) electrons. The lowest BCUT2D eigenvalue weighted by Gasteiger charge is -2.28. The van der Waals surface area contributed by atoms with E-state index in [1.165, 1.54) is 28.5 Å². The minimum absolute atomic E-state index is 0.196. The van der Waals surface area contributed by atoms with Gasteiger partial charge in [0.2, 0.25) is 5.91 Å². The number of nitrogens with one attached hydrogen (secondary N) is 2. The van der Waals surface area contributed by atoms with Crippen molar-refractivity contribution in [2.45, 2.75) is 38.6 Å². The summed E-state index contributed by atoms with van der Waals surface area (Å²) in [6, 6.07) is 8.54. The molecule has 2 heterocycles. The molecular formula is C21H25N3O. The van der Waals surface area contributed by atoms with E-state index in [0.29, 0.717) is 11.8 Å². The van der Waals surface area contributed by atoms with Crippen LogP contribution in [0.4, 0.5) is 0 Å². The Hall–Kier alpha value is -1.94. The Labute approximate surface area is 148 Å². The average molecular weight is 335 g/mol. The van der Waals surface area contributed by atoms with Crippen LogP contribution in [0.5, 0.6) is 0 Å². The fourth-order valence-corrected chi connectivity index (χ4v) is 5.02. The first kappa shape index (κ1) is 15.3. The highest BCUT2D eigenvalue weighted by Crippen LogP contribution is 2.49.